The zero-order valence-corrected chi connectivity index (χ0v) is 14.5. The van der Waals surface area contributed by atoms with Gasteiger partial charge in [-0.1, -0.05) is 23.2 Å². The predicted octanol–water partition coefficient (Wildman–Crippen LogP) is 1.37. The van der Waals surface area contributed by atoms with Crippen molar-refractivity contribution in [2.24, 2.45) is 0 Å². The summed E-state index contributed by atoms with van der Waals surface area (Å²) in [5.41, 5.74) is -0.493. The first-order valence-corrected chi connectivity index (χ1v) is 7.76. The Morgan fingerprint density at radius 1 is 1.36 bits per heavy atom. The van der Waals surface area contributed by atoms with Crippen molar-refractivity contribution in [2.75, 3.05) is 32.1 Å². The van der Waals surface area contributed by atoms with Crippen molar-refractivity contribution in [1.82, 2.24) is 4.90 Å². The van der Waals surface area contributed by atoms with Crippen LogP contribution in [0.4, 0.5) is 5.69 Å². The lowest BCUT2D eigenvalue weighted by molar-refractivity contribution is -0.136. The number of aliphatic hydroxyl groups is 1. The van der Waals surface area contributed by atoms with Crippen LogP contribution >= 0.6 is 23.2 Å². The molecule has 8 nitrogen and oxygen atoms in total. The molecule has 0 saturated heterocycles. The van der Waals surface area contributed by atoms with Crippen LogP contribution in [-0.2, 0) is 14.3 Å². The fourth-order valence-corrected chi connectivity index (χ4v) is 2.88. The lowest BCUT2D eigenvalue weighted by atomic mass is 10.1. The number of carbonyl (C=O) groups excluding carboxylic acids is 2. The van der Waals surface area contributed by atoms with E-state index in [0.29, 0.717) is 0 Å². The Morgan fingerprint density at radius 2 is 2.04 bits per heavy atom. The quantitative estimate of drug-likeness (QED) is 0.630. The predicted molar refractivity (Wildman–Crippen MR) is 89.8 cm³/mol. The molecule has 25 heavy (non-hydrogen) atoms. The summed E-state index contributed by atoms with van der Waals surface area (Å²) >= 11 is 11.9. The summed E-state index contributed by atoms with van der Waals surface area (Å²) in [4.78, 5) is 37.0. The molecule has 1 aliphatic rings. The van der Waals surface area contributed by atoms with Crippen LogP contribution in [0.5, 0.6) is 0 Å². The summed E-state index contributed by atoms with van der Waals surface area (Å²) in [6.45, 7) is -0.373. The first-order valence-electron chi connectivity index (χ1n) is 7.01. The molecule has 0 aliphatic carbocycles. The van der Waals surface area contributed by atoms with E-state index in [2.05, 4.69) is 10.1 Å². The highest BCUT2D eigenvalue weighted by Crippen LogP contribution is 2.33. The highest BCUT2D eigenvalue weighted by atomic mass is 35.5. The van der Waals surface area contributed by atoms with Gasteiger partial charge in [0.2, 0.25) is 0 Å². The number of carbonyl (C=O) groups is 3. The van der Waals surface area contributed by atoms with E-state index in [4.69, 9.17) is 28.3 Å². The molecule has 1 aliphatic heterocycles. The standard InChI is InChI=1S/C15H14Cl2N2O6/c1-25-15(24)9-6-19(2-3-20)13(21)12(9)18-11-8(14(22)23)4-7(16)5-10(11)17/h4-5,18,20H,2-3,6H2,1H3,(H,22,23). The van der Waals surface area contributed by atoms with E-state index in [1.54, 1.807) is 0 Å². The normalized spacial score (nSPS) is 14.1. The van der Waals surface area contributed by atoms with Crippen molar-refractivity contribution in [3.63, 3.8) is 0 Å². The number of hydrogen-bond donors (Lipinski definition) is 3. The molecule has 1 aromatic carbocycles. The van der Waals surface area contributed by atoms with Gasteiger partial charge in [0.15, 0.2) is 0 Å². The maximum Gasteiger partial charge on any atom is 0.337 e. The molecule has 0 fully saturated rings. The average molecular weight is 389 g/mol. The SMILES string of the molecule is COC(=O)C1=C(Nc2c(Cl)cc(Cl)cc2C(=O)O)C(=O)N(CCO)C1. The second kappa shape index (κ2) is 7.73. The summed E-state index contributed by atoms with van der Waals surface area (Å²) in [6.07, 6.45) is 0. The molecular weight excluding hydrogens is 375 g/mol. The van der Waals surface area contributed by atoms with E-state index in [9.17, 15) is 19.5 Å². The third-order valence-corrected chi connectivity index (χ3v) is 4.01. The van der Waals surface area contributed by atoms with E-state index in [-0.39, 0.29) is 52.3 Å². The molecule has 1 amide bonds. The molecule has 0 unspecified atom stereocenters. The smallest absolute Gasteiger partial charge is 0.337 e. The number of aromatic carboxylic acids is 1. The van der Waals surface area contributed by atoms with Gasteiger partial charge >= 0.3 is 11.9 Å². The number of methoxy groups -OCH3 is 1. The number of carboxylic acid groups (broad SMARTS) is 1. The average Bonchev–Trinajstić information content (AvgIpc) is 2.85. The van der Waals surface area contributed by atoms with Gasteiger partial charge in [-0.25, -0.2) is 9.59 Å². The zero-order chi connectivity index (χ0) is 18.7. The summed E-state index contributed by atoms with van der Waals surface area (Å²) in [6, 6.07) is 2.47. The van der Waals surface area contributed by atoms with E-state index in [1.165, 1.54) is 17.0 Å². The van der Waals surface area contributed by atoms with Gasteiger partial charge < -0.3 is 25.2 Å². The van der Waals surface area contributed by atoms with Crippen LogP contribution in [0.2, 0.25) is 10.0 Å². The summed E-state index contributed by atoms with van der Waals surface area (Å²) in [7, 11) is 1.16. The summed E-state index contributed by atoms with van der Waals surface area (Å²) < 4.78 is 4.66. The van der Waals surface area contributed by atoms with Crippen LogP contribution in [0.15, 0.2) is 23.4 Å². The molecule has 0 aromatic heterocycles. The number of rotatable bonds is 6. The number of anilines is 1. The molecule has 0 bridgehead atoms. The minimum atomic E-state index is -1.32. The van der Waals surface area contributed by atoms with Gasteiger partial charge in [0, 0.05) is 11.6 Å². The molecule has 0 radical (unpaired) electrons. The van der Waals surface area contributed by atoms with Crippen molar-refractivity contribution in [3.05, 3.63) is 39.0 Å². The van der Waals surface area contributed by atoms with E-state index in [0.717, 1.165) is 7.11 Å². The Balaban J connectivity index is 2.51. The molecular formula is C15H14Cl2N2O6. The molecule has 3 N–H and O–H groups in total. The number of benzene rings is 1. The van der Waals surface area contributed by atoms with E-state index in [1.807, 2.05) is 0 Å². The van der Waals surface area contributed by atoms with Crippen molar-refractivity contribution in [1.29, 1.82) is 0 Å². The lowest BCUT2D eigenvalue weighted by Crippen LogP contribution is -2.31. The second-order valence-electron chi connectivity index (χ2n) is 5.04. The van der Waals surface area contributed by atoms with Crippen molar-refractivity contribution >= 4 is 46.7 Å². The van der Waals surface area contributed by atoms with Crippen LogP contribution in [0.25, 0.3) is 0 Å². The number of β-amino-alcohol motifs (C(OH)–C–C–N with tert-alkyl or cyclic N) is 1. The number of esters is 1. The molecule has 0 atom stereocenters. The Bertz CT molecular complexity index is 778. The number of hydrogen-bond acceptors (Lipinski definition) is 6. The Kier molecular flexibility index (Phi) is 5.89. The monoisotopic (exact) mass is 388 g/mol. The van der Waals surface area contributed by atoms with Crippen LogP contribution in [0.3, 0.4) is 0 Å². The lowest BCUT2D eigenvalue weighted by Gasteiger charge is -2.16. The minimum absolute atomic E-state index is 0.00306. The third-order valence-electron chi connectivity index (χ3n) is 3.49. The minimum Gasteiger partial charge on any atom is -0.478 e. The van der Waals surface area contributed by atoms with Gasteiger partial charge in [-0.2, -0.15) is 0 Å². The van der Waals surface area contributed by atoms with Crippen LogP contribution in [0.1, 0.15) is 10.4 Å². The van der Waals surface area contributed by atoms with Gasteiger partial charge in [0.05, 0.1) is 42.1 Å². The molecule has 1 aromatic rings. The number of aliphatic hydroxyl groups excluding tert-OH is 1. The molecule has 134 valence electrons. The first kappa shape index (κ1) is 19.0. The third kappa shape index (κ3) is 3.87. The summed E-state index contributed by atoms with van der Waals surface area (Å²) in [5, 5.41) is 21.0. The highest BCUT2D eigenvalue weighted by molar-refractivity contribution is 6.37. The van der Waals surface area contributed by atoms with E-state index >= 15 is 0 Å². The fraction of sp³-hybridized carbons (Fsp3) is 0.267. The van der Waals surface area contributed by atoms with Crippen molar-refractivity contribution < 1.29 is 29.3 Å². The van der Waals surface area contributed by atoms with Crippen LogP contribution in [0, 0.1) is 0 Å². The van der Waals surface area contributed by atoms with Gasteiger partial charge in [-0.05, 0) is 12.1 Å². The van der Waals surface area contributed by atoms with Crippen LogP contribution < -0.4 is 5.32 Å². The fourth-order valence-electron chi connectivity index (χ4n) is 2.34. The molecule has 1 heterocycles. The summed E-state index contributed by atoms with van der Waals surface area (Å²) in [5.74, 6) is -2.65. The van der Waals surface area contributed by atoms with Crippen molar-refractivity contribution in [3.8, 4) is 0 Å². The molecule has 2 rings (SSSR count). The van der Waals surface area contributed by atoms with Crippen LogP contribution in [-0.4, -0.2) is 59.8 Å². The molecule has 0 saturated carbocycles. The maximum atomic E-state index is 12.5. The number of nitrogens with zero attached hydrogens (tertiary/aromatic N) is 1. The number of halogens is 2. The number of amides is 1. The molecule has 0 spiro atoms. The Labute approximate surface area is 152 Å². The number of ether oxygens (including phenoxy) is 1. The second-order valence-corrected chi connectivity index (χ2v) is 5.88. The number of carboxylic acids is 1. The Morgan fingerprint density at radius 3 is 2.60 bits per heavy atom. The van der Waals surface area contributed by atoms with Gasteiger partial charge in [0.1, 0.15) is 5.70 Å². The van der Waals surface area contributed by atoms with E-state index < -0.39 is 17.8 Å². The number of nitrogens with one attached hydrogen (secondary N) is 1. The zero-order valence-electron chi connectivity index (χ0n) is 13.0. The Hall–Kier alpha value is -2.29. The van der Waals surface area contributed by atoms with Gasteiger partial charge in [-0.15, -0.1) is 0 Å². The first-order chi connectivity index (χ1) is 11.8. The van der Waals surface area contributed by atoms with Gasteiger partial charge in [-0.3, -0.25) is 4.79 Å². The maximum absolute atomic E-state index is 12.5. The van der Waals surface area contributed by atoms with Crippen molar-refractivity contribution in [2.45, 2.75) is 0 Å². The topological polar surface area (TPSA) is 116 Å². The molecule has 10 heteroatoms. The van der Waals surface area contributed by atoms with Gasteiger partial charge in [0.25, 0.3) is 5.91 Å². The largest absolute Gasteiger partial charge is 0.478 e. The highest BCUT2D eigenvalue weighted by Gasteiger charge is 2.35.